The first-order valence-electron chi connectivity index (χ1n) is 9.51. The summed E-state index contributed by atoms with van der Waals surface area (Å²) >= 11 is 0. The number of aromatic hydroxyl groups is 2. The summed E-state index contributed by atoms with van der Waals surface area (Å²) in [4.78, 5) is 0. The molecule has 0 aromatic heterocycles. The lowest BCUT2D eigenvalue weighted by Gasteiger charge is -2.33. The average molecular weight is 341 g/mol. The summed E-state index contributed by atoms with van der Waals surface area (Å²) in [6.07, 6.45) is 3.46. The van der Waals surface area contributed by atoms with Gasteiger partial charge in [0.2, 0.25) is 0 Å². The van der Waals surface area contributed by atoms with Gasteiger partial charge in [-0.2, -0.15) is 0 Å². The monoisotopic (exact) mass is 340 g/mol. The number of phenols is 2. The lowest BCUT2D eigenvalue weighted by molar-refractivity contribution is 0.465. The molecule has 0 aliphatic heterocycles. The van der Waals surface area contributed by atoms with Crippen LogP contribution in [0.4, 0.5) is 0 Å². The molecule has 0 saturated heterocycles. The molecule has 2 heteroatoms. The van der Waals surface area contributed by atoms with Crippen molar-refractivity contribution in [3.05, 3.63) is 57.6 Å². The highest BCUT2D eigenvalue weighted by Gasteiger charge is 2.30. The molecule has 0 fully saturated rings. The highest BCUT2D eigenvalue weighted by atomic mass is 16.3. The van der Waals surface area contributed by atoms with Crippen LogP contribution < -0.4 is 0 Å². The van der Waals surface area contributed by atoms with Gasteiger partial charge in [0.25, 0.3) is 0 Å². The van der Waals surface area contributed by atoms with Crippen molar-refractivity contribution in [3.8, 4) is 11.5 Å². The molecule has 0 spiro atoms. The summed E-state index contributed by atoms with van der Waals surface area (Å²) in [5, 5.41) is 20.5. The summed E-state index contributed by atoms with van der Waals surface area (Å²) in [5.74, 6) is 0.795. The molecule has 0 bridgehead atoms. The fraction of sp³-hybridized carbons (Fsp3) is 0.478. The van der Waals surface area contributed by atoms with Gasteiger partial charge in [-0.05, 0) is 71.2 Å². The van der Waals surface area contributed by atoms with Crippen molar-refractivity contribution in [1.29, 1.82) is 0 Å². The van der Waals surface area contributed by atoms with Gasteiger partial charge in [-0.3, -0.25) is 0 Å². The second-order valence-electron chi connectivity index (χ2n) is 7.22. The van der Waals surface area contributed by atoms with Crippen molar-refractivity contribution in [3.63, 3.8) is 0 Å². The van der Waals surface area contributed by atoms with Gasteiger partial charge in [0, 0.05) is 5.41 Å². The Kier molecular flexibility index (Phi) is 5.82. The Morgan fingerprint density at radius 3 is 1.20 bits per heavy atom. The molecule has 2 nitrogen and oxygen atoms in total. The van der Waals surface area contributed by atoms with E-state index in [0.717, 1.165) is 36.8 Å². The van der Waals surface area contributed by atoms with Crippen molar-refractivity contribution in [2.45, 2.75) is 72.6 Å². The number of hydrogen-bond acceptors (Lipinski definition) is 2. The van der Waals surface area contributed by atoms with Crippen molar-refractivity contribution < 1.29 is 10.2 Å². The molecule has 0 unspecified atom stereocenters. The maximum atomic E-state index is 10.3. The van der Waals surface area contributed by atoms with E-state index in [4.69, 9.17) is 0 Å². The quantitative estimate of drug-likeness (QED) is 0.711. The summed E-state index contributed by atoms with van der Waals surface area (Å²) in [6.45, 7) is 13.0. The normalized spacial score (nSPS) is 11.8. The maximum absolute atomic E-state index is 10.3. The minimum atomic E-state index is -0.189. The van der Waals surface area contributed by atoms with E-state index >= 15 is 0 Å². The van der Waals surface area contributed by atoms with Gasteiger partial charge >= 0.3 is 0 Å². The van der Waals surface area contributed by atoms with E-state index < -0.39 is 0 Å². The standard InChI is InChI=1S/C23H32O2/c1-7-15-17(9-3)21(24)13-11-19(15)23(5,6)20-12-14-22(25)18(10-4)16(20)8-2/h11-14,24-25H,7-10H2,1-6H3. The Balaban J connectivity index is 2.76. The first-order valence-corrected chi connectivity index (χ1v) is 9.51. The van der Waals surface area contributed by atoms with E-state index in [1.807, 2.05) is 12.1 Å². The third kappa shape index (κ3) is 3.27. The molecule has 2 aromatic carbocycles. The van der Waals surface area contributed by atoms with Crippen molar-refractivity contribution in [2.75, 3.05) is 0 Å². The first-order chi connectivity index (χ1) is 11.8. The topological polar surface area (TPSA) is 40.5 Å². The Bertz CT molecular complexity index is 694. The van der Waals surface area contributed by atoms with Crippen molar-refractivity contribution in [2.24, 2.45) is 0 Å². The molecular formula is C23H32O2. The van der Waals surface area contributed by atoms with Gasteiger partial charge in [-0.15, -0.1) is 0 Å². The fourth-order valence-electron chi connectivity index (χ4n) is 4.27. The molecule has 0 atom stereocenters. The molecule has 0 aliphatic rings. The predicted molar refractivity (Wildman–Crippen MR) is 106 cm³/mol. The summed E-state index contributed by atoms with van der Waals surface area (Å²) in [5.41, 5.74) is 6.97. The lowest BCUT2D eigenvalue weighted by atomic mass is 9.71. The summed E-state index contributed by atoms with van der Waals surface area (Å²) in [7, 11) is 0. The van der Waals surface area contributed by atoms with E-state index in [-0.39, 0.29) is 5.41 Å². The van der Waals surface area contributed by atoms with Gasteiger partial charge in [-0.1, -0.05) is 53.7 Å². The second kappa shape index (κ2) is 7.51. The Morgan fingerprint density at radius 1 is 0.600 bits per heavy atom. The zero-order valence-electron chi connectivity index (χ0n) is 16.5. The third-order valence-electron chi connectivity index (χ3n) is 5.57. The van der Waals surface area contributed by atoms with Crippen LogP contribution in [0.2, 0.25) is 0 Å². The molecule has 2 rings (SSSR count). The molecule has 136 valence electrons. The van der Waals surface area contributed by atoms with Crippen molar-refractivity contribution in [1.82, 2.24) is 0 Å². The first kappa shape index (κ1) is 19.4. The highest BCUT2D eigenvalue weighted by molar-refractivity contribution is 5.55. The van der Waals surface area contributed by atoms with Gasteiger partial charge in [-0.25, -0.2) is 0 Å². The van der Waals surface area contributed by atoms with E-state index in [1.54, 1.807) is 0 Å². The fourth-order valence-corrected chi connectivity index (χ4v) is 4.27. The molecule has 0 radical (unpaired) electrons. The molecule has 0 saturated carbocycles. The van der Waals surface area contributed by atoms with Gasteiger partial charge in [0.05, 0.1) is 0 Å². The minimum Gasteiger partial charge on any atom is -0.508 e. The number of rotatable bonds is 6. The number of phenolic OH excluding ortho intramolecular Hbond substituents is 2. The zero-order chi connectivity index (χ0) is 18.8. The van der Waals surface area contributed by atoms with Gasteiger partial charge in [0.15, 0.2) is 0 Å². The van der Waals surface area contributed by atoms with E-state index in [9.17, 15) is 10.2 Å². The van der Waals surface area contributed by atoms with Crippen LogP contribution in [0.15, 0.2) is 24.3 Å². The molecule has 2 aromatic rings. The maximum Gasteiger partial charge on any atom is 0.119 e. The Hall–Kier alpha value is -1.96. The van der Waals surface area contributed by atoms with Crippen molar-refractivity contribution >= 4 is 0 Å². The molecule has 25 heavy (non-hydrogen) atoms. The molecule has 0 aliphatic carbocycles. The minimum absolute atomic E-state index is 0.189. The average Bonchev–Trinajstić information content (AvgIpc) is 2.60. The van der Waals surface area contributed by atoms with E-state index in [1.165, 1.54) is 22.3 Å². The highest BCUT2D eigenvalue weighted by Crippen LogP contribution is 2.41. The van der Waals surface area contributed by atoms with E-state index in [0.29, 0.717) is 11.5 Å². The lowest BCUT2D eigenvalue weighted by Crippen LogP contribution is -2.24. The molecule has 2 N–H and O–H groups in total. The van der Waals surface area contributed by atoms with Crippen LogP contribution >= 0.6 is 0 Å². The third-order valence-corrected chi connectivity index (χ3v) is 5.57. The molecular weight excluding hydrogens is 308 g/mol. The molecule has 0 amide bonds. The Morgan fingerprint density at radius 2 is 0.920 bits per heavy atom. The van der Waals surface area contributed by atoms with Gasteiger partial charge < -0.3 is 10.2 Å². The SMILES string of the molecule is CCc1c(O)ccc(C(C)(C)c2ccc(O)c(CC)c2CC)c1CC. The molecule has 0 heterocycles. The van der Waals surface area contributed by atoms with Crippen LogP contribution in [0.25, 0.3) is 0 Å². The van der Waals surface area contributed by atoms with E-state index in [2.05, 4.69) is 53.7 Å². The smallest absolute Gasteiger partial charge is 0.119 e. The van der Waals surface area contributed by atoms with Crippen LogP contribution in [-0.2, 0) is 31.1 Å². The van der Waals surface area contributed by atoms with Crippen LogP contribution in [0, 0.1) is 0 Å². The van der Waals surface area contributed by atoms with Crippen LogP contribution in [0.1, 0.15) is 74.9 Å². The number of benzene rings is 2. The summed E-state index contributed by atoms with van der Waals surface area (Å²) < 4.78 is 0. The largest absolute Gasteiger partial charge is 0.508 e. The number of hydrogen-bond donors (Lipinski definition) is 2. The summed E-state index contributed by atoms with van der Waals surface area (Å²) in [6, 6.07) is 7.82. The van der Waals surface area contributed by atoms with Crippen LogP contribution in [-0.4, -0.2) is 10.2 Å². The zero-order valence-corrected chi connectivity index (χ0v) is 16.5. The second-order valence-corrected chi connectivity index (χ2v) is 7.22. The van der Waals surface area contributed by atoms with Gasteiger partial charge in [0.1, 0.15) is 11.5 Å². The van der Waals surface area contributed by atoms with Crippen LogP contribution in [0.3, 0.4) is 0 Å². The van der Waals surface area contributed by atoms with Crippen LogP contribution in [0.5, 0.6) is 11.5 Å². The Labute approximate surface area is 152 Å². The predicted octanol–water partition coefficient (Wildman–Crippen LogP) is 5.67.